The Hall–Kier alpha value is -0.460. The summed E-state index contributed by atoms with van der Waals surface area (Å²) >= 11 is 0. The zero-order chi connectivity index (χ0) is 8.97. The van der Waals surface area contributed by atoms with Gasteiger partial charge in [0.2, 0.25) is 0 Å². The minimum absolute atomic E-state index is 0.848. The fourth-order valence-corrected chi connectivity index (χ4v) is 1.75. The molecule has 0 bridgehead atoms. The van der Waals surface area contributed by atoms with Crippen LogP contribution < -0.4 is 0 Å². The van der Waals surface area contributed by atoms with E-state index < -0.39 is 0 Å². The van der Waals surface area contributed by atoms with E-state index in [9.17, 15) is 0 Å². The van der Waals surface area contributed by atoms with Gasteiger partial charge in [-0.1, -0.05) is 20.4 Å². The topological polar surface area (TPSA) is 3.24 Å². The van der Waals surface area contributed by atoms with Crippen molar-refractivity contribution < 1.29 is 0 Å². The Kier molecular flexibility index (Phi) is 3.64. The van der Waals surface area contributed by atoms with Crippen LogP contribution in [0.15, 0.2) is 12.3 Å². The predicted octanol–water partition coefficient (Wildman–Crippen LogP) is 3.03. The summed E-state index contributed by atoms with van der Waals surface area (Å²) in [5, 5.41) is 0. The molecule has 12 heavy (non-hydrogen) atoms. The molecule has 1 saturated heterocycles. The highest BCUT2D eigenvalue weighted by molar-refractivity contribution is 4.98. The third kappa shape index (κ3) is 2.88. The monoisotopic (exact) mass is 167 g/mol. The Balaban J connectivity index is 2.10. The molecule has 0 spiro atoms. The summed E-state index contributed by atoms with van der Waals surface area (Å²) in [5.41, 5.74) is 1.36. The molecule has 0 atom stereocenters. The number of nitrogens with zero attached hydrogens (tertiary/aromatic N) is 1. The maximum Gasteiger partial charge on any atom is 0.0178 e. The SMILES string of the molecule is C=C1CCCN1CCCC(C)C. The molecule has 1 aliphatic heterocycles. The third-order valence-electron chi connectivity index (χ3n) is 2.55. The van der Waals surface area contributed by atoms with Gasteiger partial charge in [0.15, 0.2) is 0 Å². The molecule has 70 valence electrons. The Morgan fingerprint density at radius 2 is 2.25 bits per heavy atom. The quantitative estimate of drug-likeness (QED) is 0.622. The van der Waals surface area contributed by atoms with Crippen LogP contribution in [0, 0.1) is 5.92 Å². The van der Waals surface area contributed by atoms with E-state index >= 15 is 0 Å². The molecule has 1 fully saturated rings. The molecule has 1 heteroatoms. The lowest BCUT2D eigenvalue weighted by Gasteiger charge is -2.19. The number of rotatable bonds is 4. The zero-order valence-electron chi connectivity index (χ0n) is 8.47. The largest absolute Gasteiger partial charge is 0.375 e. The van der Waals surface area contributed by atoms with Crippen LogP contribution in [0.25, 0.3) is 0 Å². The predicted molar refractivity (Wildman–Crippen MR) is 54.0 cm³/mol. The third-order valence-corrected chi connectivity index (χ3v) is 2.55. The molecule has 1 aliphatic rings. The number of hydrogen-bond donors (Lipinski definition) is 0. The van der Waals surface area contributed by atoms with Gasteiger partial charge in [0.25, 0.3) is 0 Å². The molecule has 1 nitrogen and oxygen atoms in total. The lowest BCUT2D eigenvalue weighted by atomic mass is 10.1. The first kappa shape index (κ1) is 9.63. The summed E-state index contributed by atoms with van der Waals surface area (Å²) in [5.74, 6) is 0.848. The van der Waals surface area contributed by atoms with Crippen molar-refractivity contribution in [2.45, 2.75) is 39.5 Å². The molecule has 0 radical (unpaired) electrons. The highest BCUT2D eigenvalue weighted by Gasteiger charge is 2.13. The van der Waals surface area contributed by atoms with Crippen LogP contribution in [-0.2, 0) is 0 Å². The Labute approximate surface area is 76.5 Å². The molecule has 0 aliphatic carbocycles. The van der Waals surface area contributed by atoms with Gasteiger partial charge in [-0.3, -0.25) is 0 Å². The minimum atomic E-state index is 0.848. The van der Waals surface area contributed by atoms with E-state index in [1.165, 1.54) is 44.5 Å². The standard InChI is InChI=1S/C11H21N/c1-10(2)6-4-8-12-9-5-7-11(12)3/h10H,3-9H2,1-2H3. The second-order valence-electron chi connectivity index (χ2n) is 4.19. The summed E-state index contributed by atoms with van der Waals surface area (Å²) in [6, 6.07) is 0. The van der Waals surface area contributed by atoms with Crippen molar-refractivity contribution in [3.8, 4) is 0 Å². The summed E-state index contributed by atoms with van der Waals surface area (Å²) < 4.78 is 0. The van der Waals surface area contributed by atoms with Gasteiger partial charge in [-0.15, -0.1) is 0 Å². The van der Waals surface area contributed by atoms with Crippen LogP contribution in [-0.4, -0.2) is 18.0 Å². The van der Waals surface area contributed by atoms with Gasteiger partial charge in [-0.2, -0.15) is 0 Å². The van der Waals surface area contributed by atoms with Crippen molar-refractivity contribution in [2.75, 3.05) is 13.1 Å². The molecule has 0 amide bonds. The second-order valence-corrected chi connectivity index (χ2v) is 4.19. The van der Waals surface area contributed by atoms with E-state index in [0.717, 1.165) is 5.92 Å². The maximum absolute atomic E-state index is 4.06. The molecule has 0 saturated carbocycles. The Bertz CT molecular complexity index is 149. The van der Waals surface area contributed by atoms with Crippen LogP contribution >= 0.6 is 0 Å². The number of likely N-dealkylation sites (tertiary alicyclic amines) is 1. The van der Waals surface area contributed by atoms with Gasteiger partial charge in [-0.25, -0.2) is 0 Å². The first-order valence-electron chi connectivity index (χ1n) is 5.13. The lowest BCUT2D eigenvalue weighted by molar-refractivity contribution is 0.367. The molecule has 0 aromatic rings. The number of hydrogen-bond acceptors (Lipinski definition) is 1. The lowest BCUT2D eigenvalue weighted by Crippen LogP contribution is -2.18. The van der Waals surface area contributed by atoms with Gasteiger partial charge in [-0.05, 0) is 31.6 Å². The Morgan fingerprint density at radius 1 is 1.50 bits per heavy atom. The summed E-state index contributed by atoms with van der Waals surface area (Å²) in [7, 11) is 0. The van der Waals surface area contributed by atoms with Crippen LogP contribution in [0.1, 0.15) is 39.5 Å². The highest BCUT2D eigenvalue weighted by atomic mass is 15.1. The summed E-state index contributed by atoms with van der Waals surface area (Å²) in [6.07, 6.45) is 5.22. The maximum atomic E-state index is 4.06. The van der Waals surface area contributed by atoms with Gasteiger partial charge >= 0.3 is 0 Å². The molecule has 0 aromatic carbocycles. The van der Waals surface area contributed by atoms with Crippen LogP contribution in [0.5, 0.6) is 0 Å². The van der Waals surface area contributed by atoms with Crippen LogP contribution in [0.3, 0.4) is 0 Å². The average Bonchev–Trinajstić information content (AvgIpc) is 2.36. The fourth-order valence-electron chi connectivity index (χ4n) is 1.75. The van der Waals surface area contributed by atoms with E-state index in [-0.39, 0.29) is 0 Å². The van der Waals surface area contributed by atoms with Crippen molar-refractivity contribution in [3.63, 3.8) is 0 Å². The summed E-state index contributed by atoms with van der Waals surface area (Å²) in [6.45, 7) is 11.1. The molecule has 0 unspecified atom stereocenters. The molecule has 1 heterocycles. The van der Waals surface area contributed by atoms with Gasteiger partial charge < -0.3 is 4.90 Å². The van der Waals surface area contributed by atoms with E-state index in [0.29, 0.717) is 0 Å². The highest BCUT2D eigenvalue weighted by Crippen LogP contribution is 2.19. The average molecular weight is 167 g/mol. The van der Waals surface area contributed by atoms with Crippen molar-refractivity contribution in [1.29, 1.82) is 0 Å². The van der Waals surface area contributed by atoms with Crippen molar-refractivity contribution >= 4 is 0 Å². The van der Waals surface area contributed by atoms with Gasteiger partial charge in [0, 0.05) is 18.8 Å². The van der Waals surface area contributed by atoms with Gasteiger partial charge in [0.1, 0.15) is 0 Å². The molecule has 0 aromatic heterocycles. The summed E-state index contributed by atoms with van der Waals surface area (Å²) in [4.78, 5) is 2.45. The van der Waals surface area contributed by atoms with Crippen molar-refractivity contribution in [2.24, 2.45) is 5.92 Å². The Morgan fingerprint density at radius 3 is 2.75 bits per heavy atom. The van der Waals surface area contributed by atoms with Crippen molar-refractivity contribution in [3.05, 3.63) is 12.3 Å². The number of allylic oxidation sites excluding steroid dienone is 1. The van der Waals surface area contributed by atoms with E-state index in [2.05, 4.69) is 25.3 Å². The smallest absolute Gasteiger partial charge is 0.0178 e. The normalized spacial score (nSPS) is 17.9. The first-order valence-corrected chi connectivity index (χ1v) is 5.13. The zero-order valence-corrected chi connectivity index (χ0v) is 8.47. The van der Waals surface area contributed by atoms with Crippen molar-refractivity contribution in [1.82, 2.24) is 4.90 Å². The first-order chi connectivity index (χ1) is 5.70. The van der Waals surface area contributed by atoms with E-state index in [1.807, 2.05) is 0 Å². The molecular formula is C11H21N. The fraction of sp³-hybridized carbons (Fsp3) is 0.818. The van der Waals surface area contributed by atoms with Crippen LogP contribution in [0.2, 0.25) is 0 Å². The van der Waals surface area contributed by atoms with Crippen LogP contribution in [0.4, 0.5) is 0 Å². The molecule has 0 N–H and O–H groups in total. The molecular weight excluding hydrogens is 146 g/mol. The van der Waals surface area contributed by atoms with E-state index in [4.69, 9.17) is 0 Å². The second kappa shape index (κ2) is 4.54. The minimum Gasteiger partial charge on any atom is -0.375 e. The van der Waals surface area contributed by atoms with Gasteiger partial charge in [0.05, 0.1) is 0 Å². The molecule has 1 rings (SSSR count). The van der Waals surface area contributed by atoms with E-state index in [1.54, 1.807) is 0 Å².